The number of aliphatic hydroxyl groups excluding tert-OH is 1. The number of aliphatic hydroxyl groups is 1. The molecule has 0 saturated heterocycles. The van der Waals surface area contributed by atoms with Crippen molar-refractivity contribution < 1.29 is 38.5 Å². The average Bonchev–Trinajstić information content (AvgIpc) is 3.15. The first kappa shape index (κ1) is 51.1. The minimum absolute atomic E-state index is 0.0506. The molecule has 0 radical (unpaired) electrons. The Bertz CT molecular complexity index is 893. The summed E-state index contributed by atoms with van der Waals surface area (Å²) < 4.78 is 15.8. The van der Waals surface area contributed by atoms with Gasteiger partial charge in [0.2, 0.25) is 5.91 Å². The van der Waals surface area contributed by atoms with E-state index in [4.69, 9.17) is 15.2 Å². The van der Waals surface area contributed by atoms with Crippen molar-refractivity contribution >= 4 is 35.6 Å². The van der Waals surface area contributed by atoms with Crippen LogP contribution in [0.1, 0.15) is 194 Å². The molecule has 0 aromatic heterocycles. The summed E-state index contributed by atoms with van der Waals surface area (Å²) in [6.45, 7) is 3.84. The van der Waals surface area contributed by atoms with Crippen LogP contribution in [0.4, 0.5) is 0 Å². The number of methoxy groups -OCH3 is 1. The van der Waals surface area contributed by atoms with E-state index < -0.39 is 36.7 Å². The van der Waals surface area contributed by atoms with Crippen molar-refractivity contribution in [1.82, 2.24) is 5.32 Å². The van der Waals surface area contributed by atoms with E-state index in [1.807, 2.05) is 0 Å². The van der Waals surface area contributed by atoms with Crippen LogP contribution in [-0.4, -0.2) is 78.9 Å². The molecule has 0 rings (SSSR count). The van der Waals surface area contributed by atoms with Crippen LogP contribution in [0.3, 0.4) is 0 Å². The molecule has 0 bridgehead atoms. The number of esters is 3. The third-order valence-corrected chi connectivity index (χ3v) is 10.8. The topological polar surface area (TPSA) is 154 Å². The van der Waals surface area contributed by atoms with Gasteiger partial charge >= 0.3 is 17.9 Å². The summed E-state index contributed by atoms with van der Waals surface area (Å²) in [7, 11) is 1.17. The second kappa shape index (κ2) is 38.4. The van der Waals surface area contributed by atoms with E-state index in [9.17, 15) is 24.3 Å². The van der Waals surface area contributed by atoms with Crippen LogP contribution in [0.5, 0.6) is 0 Å². The van der Waals surface area contributed by atoms with Crippen LogP contribution < -0.4 is 11.1 Å². The Balaban J connectivity index is 4.49. The first-order valence-electron chi connectivity index (χ1n) is 21.5. The molecule has 0 aromatic rings. The van der Waals surface area contributed by atoms with E-state index in [2.05, 4.69) is 23.9 Å². The highest BCUT2D eigenvalue weighted by molar-refractivity contribution is 7.99. The molecule has 53 heavy (non-hydrogen) atoms. The molecule has 11 heteroatoms. The number of amides is 1. The van der Waals surface area contributed by atoms with Crippen molar-refractivity contribution in [2.45, 2.75) is 212 Å². The van der Waals surface area contributed by atoms with Crippen LogP contribution >= 0.6 is 11.8 Å². The van der Waals surface area contributed by atoms with Gasteiger partial charge in [0, 0.05) is 24.3 Å². The van der Waals surface area contributed by atoms with Gasteiger partial charge in [-0.15, -0.1) is 0 Å². The maximum absolute atomic E-state index is 12.7. The smallest absolute Gasteiger partial charge is 0.330 e. The molecule has 3 atom stereocenters. The molecule has 10 nitrogen and oxygen atoms in total. The Morgan fingerprint density at radius 2 is 1.00 bits per heavy atom. The number of thioether (sulfide) groups is 1. The van der Waals surface area contributed by atoms with E-state index in [0.29, 0.717) is 12.8 Å². The molecule has 4 N–H and O–H groups in total. The van der Waals surface area contributed by atoms with Crippen molar-refractivity contribution in [3.63, 3.8) is 0 Å². The van der Waals surface area contributed by atoms with Crippen molar-refractivity contribution in [3.05, 3.63) is 0 Å². The van der Waals surface area contributed by atoms with E-state index in [0.717, 1.165) is 38.5 Å². The fourth-order valence-corrected chi connectivity index (χ4v) is 7.16. The predicted molar refractivity (Wildman–Crippen MR) is 218 cm³/mol. The van der Waals surface area contributed by atoms with Crippen molar-refractivity contribution in [1.29, 1.82) is 0 Å². The fraction of sp³-hybridized carbons (Fsp3) is 0.905. The fourth-order valence-electron chi connectivity index (χ4n) is 6.20. The van der Waals surface area contributed by atoms with Gasteiger partial charge in [0.15, 0.2) is 6.04 Å². The molecule has 0 spiro atoms. The molecule has 0 aliphatic rings. The Hall–Kier alpha value is -1.85. The largest absolute Gasteiger partial charge is 0.467 e. The number of carbonyl (C=O) groups excluding carboxylic acids is 4. The lowest BCUT2D eigenvalue weighted by molar-refractivity contribution is -0.157. The van der Waals surface area contributed by atoms with Gasteiger partial charge in [-0.25, -0.2) is 4.79 Å². The van der Waals surface area contributed by atoms with Crippen LogP contribution in [0, 0.1) is 0 Å². The average molecular weight is 773 g/mol. The molecular weight excluding hydrogens is 693 g/mol. The van der Waals surface area contributed by atoms with Crippen molar-refractivity contribution in [2.75, 3.05) is 31.8 Å². The van der Waals surface area contributed by atoms with Crippen molar-refractivity contribution in [2.24, 2.45) is 5.73 Å². The van der Waals surface area contributed by atoms with Gasteiger partial charge in [-0.1, -0.05) is 168 Å². The maximum atomic E-state index is 12.7. The van der Waals surface area contributed by atoms with E-state index in [-0.39, 0.29) is 30.1 Å². The van der Waals surface area contributed by atoms with Gasteiger partial charge in [-0.05, 0) is 12.8 Å². The number of nitrogens with one attached hydrogen (secondary N) is 1. The lowest BCUT2D eigenvalue weighted by Crippen LogP contribution is -2.51. The summed E-state index contributed by atoms with van der Waals surface area (Å²) in [6, 6.07) is -2.17. The molecule has 312 valence electrons. The Labute approximate surface area is 327 Å². The molecule has 0 fully saturated rings. The normalized spacial score (nSPS) is 12.9. The van der Waals surface area contributed by atoms with Gasteiger partial charge in [0.1, 0.15) is 12.7 Å². The molecule has 1 unspecified atom stereocenters. The number of unbranched alkanes of at least 4 members (excludes halogenated alkanes) is 24. The third-order valence-electron chi connectivity index (χ3n) is 9.62. The van der Waals surface area contributed by atoms with Gasteiger partial charge < -0.3 is 30.4 Å². The number of ether oxygens (including phenoxy) is 3. The molecule has 0 aliphatic heterocycles. The molecule has 0 aromatic carbocycles. The van der Waals surface area contributed by atoms with Crippen LogP contribution in [0.25, 0.3) is 0 Å². The summed E-state index contributed by atoms with van der Waals surface area (Å²) in [6.07, 6.45) is 31.9. The Morgan fingerprint density at radius 3 is 1.40 bits per heavy atom. The maximum Gasteiger partial charge on any atom is 0.330 e. The van der Waals surface area contributed by atoms with Gasteiger partial charge in [0.05, 0.1) is 19.8 Å². The molecular formula is C42H80N2O8S. The SMILES string of the molecule is CCCCCCCCCCCCCCCC(=O)OCC(CSC[C@H](N)C(=O)N[C@@H](CO)C(=O)OC)OC(=O)CCCCCCCCCCCCCCC. The van der Waals surface area contributed by atoms with E-state index >= 15 is 0 Å². The molecule has 1 amide bonds. The van der Waals surface area contributed by atoms with Gasteiger partial charge in [-0.2, -0.15) is 11.8 Å². The number of carbonyl (C=O) groups is 4. The Morgan fingerprint density at radius 1 is 0.604 bits per heavy atom. The number of hydrogen-bond donors (Lipinski definition) is 3. The standard InChI is InChI=1S/C42H80N2O8S/c1-4-6-8-10-12-14-16-18-20-22-24-26-28-30-39(46)51-33-36(34-53-35-37(43)41(48)44-38(32-45)42(49)50-3)52-40(47)31-29-27-25-23-21-19-17-15-13-11-9-7-5-2/h36-38,45H,4-35,43H2,1-3H3,(H,44,48)/t36?,37-,38-/m0/s1. The quantitative estimate of drug-likeness (QED) is 0.0313. The molecule has 0 aliphatic carbocycles. The lowest BCUT2D eigenvalue weighted by atomic mass is 10.0. The third kappa shape index (κ3) is 33.2. The highest BCUT2D eigenvalue weighted by atomic mass is 32.2. The van der Waals surface area contributed by atoms with Crippen LogP contribution in [-0.2, 0) is 33.4 Å². The molecule has 0 saturated carbocycles. The second-order valence-corrected chi connectivity index (χ2v) is 15.8. The zero-order valence-electron chi connectivity index (χ0n) is 34.2. The number of rotatable bonds is 39. The summed E-state index contributed by atoms with van der Waals surface area (Å²) in [5.74, 6) is -1.54. The van der Waals surface area contributed by atoms with Crippen LogP contribution in [0.15, 0.2) is 0 Å². The molecule has 0 heterocycles. The summed E-state index contributed by atoms with van der Waals surface area (Å²) in [5.41, 5.74) is 6.01. The van der Waals surface area contributed by atoms with Gasteiger partial charge in [-0.3, -0.25) is 14.4 Å². The first-order chi connectivity index (χ1) is 25.8. The zero-order valence-corrected chi connectivity index (χ0v) is 35.0. The highest BCUT2D eigenvalue weighted by Gasteiger charge is 2.24. The minimum atomic E-state index is -1.20. The minimum Gasteiger partial charge on any atom is -0.467 e. The summed E-state index contributed by atoms with van der Waals surface area (Å²) in [4.78, 5) is 49.4. The highest BCUT2D eigenvalue weighted by Crippen LogP contribution is 2.16. The lowest BCUT2D eigenvalue weighted by Gasteiger charge is -2.20. The van der Waals surface area contributed by atoms with E-state index in [1.54, 1.807) is 0 Å². The number of nitrogens with two attached hydrogens (primary N) is 1. The van der Waals surface area contributed by atoms with Crippen LogP contribution in [0.2, 0.25) is 0 Å². The summed E-state index contributed by atoms with van der Waals surface area (Å²) in [5, 5.41) is 11.8. The first-order valence-corrected chi connectivity index (χ1v) is 22.6. The predicted octanol–water partition coefficient (Wildman–Crippen LogP) is 9.11. The zero-order chi connectivity index (χ0) is 39.2. The van der Waals surface area contributed by atoms with Gasteiger partial charge in [0.25, 0.3) is 0 Å². The number of hydrogen-bond acceptors (Lipinski definition) is 10. The van der Waals surface area contributed by atoms with E-state index in [1.165, 1.54) is 147 Å². The Kier molecular flexibility index (Phi) is 37.1. The monoisotopic (exact) mass is 773 g/mol. The summed E-state index contributed by atoms with van der Waals surface area (Å²) >= 11 is 1.29. The van der Waals surface area contributed by atoms with Crippen molar-refractivity contribution in [3.8, 4) is 0 Å². The second-order valence-electron chi connectivity index (χ2n) is 14.7.